The lowest BCUT2D eigenvalue weighted by Crippen LogP contribution is -2.34. The van der Waals surface area contributed by atoms with E-state index in [1.807, 2.05) is 30.3 Å². The molecule has 2 aliphatic heterocycles. The highest BCUT2D eigenvalue weighted by molar-refractivity contribution is 7.88. The number of sulfonamides is 1. The lowest BCUT2D eigenvalue weighted by molar-refractivity contribution is 0.177. The maximum Gasteiger partial charge on any atom is 0.218 e. The van der Waals surface area contributed by atoms with Gasteiger partial charge in [0.15, 0.2) is 0 Å². The number of fused-ring (bicyclic) bond motifs is 1. The molecule has 2 aromatic carbocycles. The summed E-state index contributed by atoms with van der Waals surface area (Å²) in [6.07, 6.45) is 0. The van der Waals surface area contributed by atoms with Crippen LogP contribution in [0.4, 0.5) is 5.69 Å². The number of hydrogen-bond acceptors (Lipinski definition) is 4. The van der Waals surface area contributed by atoms with Crippen LogP contribution in [0.3, 0.4) is 0 Å². The number of benzene rings is 2. The Bertz CT molecular complexity index is 917. The molecule has 162 valence electrons. The summed E-state index contributed by atoms with van der Waals surface area (Å²) >= 11 is 0. The van der Waals surface area contributed by atoms with Crippen molar-refractivity contribution in [1.82, 2.24) is 4.31 Å². The second-order valence-corrected chi connectivity index (χ2v) is 11.0. The monoisotopic (exact) mass is 428 g/mol. The average Bonchev–Trinajstić information content (AvgIpc) is 3.30. The summed E-state index contributed by atoms with van der Waals surface area (Å²) in [6.45, 7) is 8.90. The Kier molecular flexibility index (Phi) is 6.46. The van der Waals surface area contributed by atoms with E-state index in [4.69, 9.17) is 4.74 Å². The molecule has 2 fully saturated rings. The van der Waals surface area contributed by atoms with Crippen LogP contribution in [0, 0.1) is 17.8 Å². The van der Waals surface area contributed by atoms with Crippen LogP contribution in [0.5, 0.6) is 0 Å². The second-order valence-electron chi connectivity index (χ2n) is 9.06. The summed E-state index contributed by atoms with van der Waals surface area (Å²) in [4.78, 5) is 2.43. The second kappa shape index (κ2) is 9.08. The van der Waals surface area contributed by atoms with Gasteiger partial charge in [-0.1, -0.05) is 56.3 Å². The van der Waals surface area contributed by atoms with Gasteiger partial charge in [0.25, 0.3) is 0 Å². The van der Waals surface area contributed by atoms with Gasteiger partial charge in [0.1, 0.15) is 0 Å². The zero-order chi connectivity index (χ0) is 21.1. The average molecular weight is 429 g/mol. The first-order valence-corrected chi connectivity index (χ1v) is 12.4. The molecule has 0 radical (unpaired) electrons. The van der Waals surface area contributed by atoms with Gasteiger partial charge < -0.3 is 9.64 Å². The van der Waals surface area contributed by atoms with Crippen molar-refractivity contribution < 1.29 is 13.2 Å². The van der Waals surface area contributed by atoms with Crippen LogP contribution in [-0.4, -0.2) is 45.6 Å². The van der Waals surface area contributed by atoms with Crippen LogP contribution in [-0.2, 0) is 27.1 Å². The number of ether oxygens (including phenoxy) is 1. The van der Waals surface area contributed by atoms with Gasteiger partial charge in [-0.05, 0) is 29.2 Å². The van der Waals surface area contributed by atoms with Gasteiger partial charge in [0.2, 0.25) is 10.0 Å². The molecule has 30 heavy (non-hydrogen) atoms. The van der Waals surface area contributed by atoms with Crippen LogP contribution < -0.4 is 4.90 Å². The molecule has 2 aromatic rings. The first-order valence-electron chi connectivity index (χ1n) is 10.8. The van der Waals surface area contributed by atoms with E-state index >= 15 is 0 Å². The molecule has 0 aromatic heterocycles. The lowest BCUT2D eigenvalue weighted by atomic mass is 10.0. The number of nitrogens with zero attached hydrogens (tertiary/aromatic N) is 2. The van der Waals surface area contributed by atoms with Gasteiger partial charge >= 0.3 is 0 Å². The molecule has 0 N–H and O–H groups in total. The van der Waals surface area contributed by atoms with Crippen molar-refractivity contribution in [3.63, 3.8) is 0 Å². The van der Waals surface area contributed by atoms with Crippen molar-refractivity contribution in [2.45, 2.75) is 26.1 Å². The van der Waals surface area contributed by atoms with Gasteiger partial charge in [-0.25, -0.2) is 8.42 Å². The smallest absolute Gasteiger partial charge is 0.218 e. The Morgan fingerprint density at radius 1 is 0.967 bits per heavy atom. The van der Waals surface area contributed by atoms with E-state index in [2.05, 4.69) is 43.0 Å². The summed E-state index contributed by atoms with van der Waals surface area (Å²) in [5.41, 5.74) is 3.07. The first kappa shape index (κ1) is 21.3. The van der Waals surface area contributed by atoms with Crippen molar-refractivity contribution in [3.8, 4) is 0 Å². The Balaban J connectivity index is 1.45. The highest BCUT2D eigenvalue weighted by atomic mass is 32.2. The Morgan fingerprint density at radius 3 is 2.20 bits per heavy atom. The van der Waals surface area contributed by atoms with Crippen LogP contribution in [0.1, 0.15) is 25.0 Å². The molecular formula is C24H32N2O3S. The van der Waals surface area contributed by atoms with E-state index in [-0.39, 0.29) is 11.7 Å². The van der Waals surface area contributed by atoms with E-state index in [1.54, 1.807) is 4.31 Å². The normalized spacial score (nSPS) is 21.5. The highest BCUT2D eigenvalue weighted by Crippen LogP contribution is 2.32. The minimum atomic E-state index is -3.40. The fourth-order valence-corrected chi connectivity index (χ4v) is 6.14. The molecule has 2 aliphatic rings. The Hall–Kier alpha value is -1.89. The van der Waals surface area contributed by atoms with Crippen LogP contribution >= 0.6 is 0 Å². The molecular weight excluding hydrogens is 396 g/mol. The van der Waals surface area contributed by atoms with Gasteiger partial charge in [-0.2, -0.15) is 4.31 Å². The van der Waals surface area contributed by atoms with Crippen molar-refractivity contribution in [1.29, 1.82) is 0 Å². The van der Waals surface area contributed by atoms with E-state index in [9.17, 15) is 8.42 Å². The van der Waals surface area contributed by atoms with Crippen LogP contribution in [0.2, 0.25) is 0 Å². The molecule has 0 saturated carbocycles. The minimum absolute atomic E-state index is 0.0390. The van der Waals surface area contributed by atoms with Crippen molar-refractivity contribution in [2.24, 2.45) is 17.8 Å². The molecule has 0 amide bonds. The Morgan fingerprint density at radius 2 is 1.60 bits per heavy atom. The van der Waals surface area contributed by atoms with E-state index < -0.39 is 10.0 Å². The molecule has 0 bridgehead atoms. The molecule has 2 heterocycles. The third-order valence-electron chi connectivity index (χ3n) is 6.05. The van der Waals surface area contributed by atoms with E-state index in [1.165, 1.54) is 5.69 Å². The van der Waals surface area contributed by atoms with E-state index in [0.717, 1.165) is 37.4 Å². The van der Waals surface area contributed by atoms with Crippen LogP contribution in [0.15, 0.2) is 54.6 Å². The van der Waals surface area contributed by atoms with Gasteiger partial charge in [-0.3, -0.25) is 0 Å². The highest BCUT2D eigenvalue weighted by Gasteiger charge is 2.37. The summed E-state index contributed by atoms with van der Waals surface area (Å²) in [7, 11) is -3.40. The summed E-state index contributed by atoms with van der Waals surface area (Å²) in [5, 5.41) is 0. The fraction of sp³-hybridized carbons (Fsp3) is 0.500. The fourth-order valence-electron chi connectivity index (χ4n) is 4.47. The third-order valence-corrected chi connectivity index (χ3v) is 7.82. The molecule has 0 aliphatic carbocycles. The molecule has 6 heteroatoms. The molecule has 0 spiro atoms. The van der Waals surface area contributed by atoms with Crippen molar-refractivity contribution >= 4 is 15.7 Å². The quantitative estimate of drug-likeness (QED) is 0.642. The SMILES string of the molecule is CC(C)CN(Cc1ccc(N2CC3COC[C@@H]3C2)cc1)S(=O)(=O)Cc1ccccc1. The topological polar surface area (TPSA) is 49.9 Å². The largest absolute Gasteiger partial charge is 0.381 e. The summed E-state index contributed by atoms with van der Waals surface area (Å²) in [5.74, 6) is 1.60. The van der Waals surface area contributed by atoms with Gasteiger partial charge in [0.05, 0.1) is 19.0 Å². The zero-order valence-electron chi connectivity index (χ0n) is 17.9. The summed E-state index contributed by atoms with van der Waals surface area (Å²) in [6, 6.07) is 17.8. The molecule has 2 saturated heterocycles. The van der Waals surface area contributed by atoms with Gasteiger partial charge in [0, 0.05) is 43.7 Å². The Labute approximate surface area is 180 Å². The third kappa shape index (κ3) is 5.05. The maximum atomic E-state index is 13.1. The number of anilines is 1. The minimum Gasteiger partial charge on any atom is -0.381 e. The van der Waals surface area contributed by atoms with E-state index in [0.29, 0.717) is 24.9 Å². The zero-order valence-corrected chi connectivity index (χ0v) is 18.7. The predicted octanol–water partition coefficient (Wildman–Crippen LogP) is 3.76. The van der Waals surface area contributed by atoms with Crippen molar-refractivity contribution in [3.05, 3.63) is 65.7 Å². The summed E-state index contributed by atoms with van der Waals surface area (Å²) < 4.78 is 33.5. The number of rotatable bonds is 8. The number of hydrogen-bond donors (Lipinski definition) is 0. The molecule has 2 atom stereocenters. The molecule has 5 nitrogen and oxygen atoms in total. The maximum absolute atomic E-state index is 13.1. The predicted molar refractivity (Wildman–Crippen MR) is 121 cm³/mol. The van der Waals surface area contributed by atoms with Crippen molar-refractivity contribution in [2.75, 3.05) is 37.7 Å². The first-order chi connectivity index (χ1) is 14.4. The van der Waals surface area contributed by atoms with Gasteiger partial charge in [-0.15, -0.1) is 0 Å². The lowest BCUT2D eigenvalue weighted by Gasteiger charge is -2.25. The molecule has 4 rings (SSSR count). The molecule has 1 unspecified atom stereocenters. The van der Waals surface area contributed by atoms with Crippen LogP contribution in [0.25, 0.3) is 0 Å². The standard InChI is InChI=1S/C24H32N2O3S/c1-19(2)12-26(30(27,28)18-21-6-4-3-5-7-21)13-20-8-10-24(11-9-20)25-14-22-16-29-17-23(22)15-25/h3-11,19,22-23H,12-18H2,1-2H3/t22-,23?/m0/s1.